The van der Waals surface area contributed by atoms with Crippen molar-refractivity contribution in [3.63, 3.8) is 0 Å². The van der Waals surface area contributed by atoms with Crippen molar-refractivity contribution in [2.45, 2.75) is 64.0 Å². The van der Waals surface area contributed by atoms with E-state index in [-0.39, 0.29) is 24.6 Å². The molecule has 1 saturated carbocycles. The molecule has 2 aliphatic carbocycles. The fourth-order valence-electron chi connectivity index (χ4n) is 3.42. The van der Waals surface area contributed by atoms with Crippen LogP contribution in [0, 0.1) is 11.8 Å². The van der Waals surface area contributed by atoms with Crippen molar-refractivity contribution in [2.24, 2.45) is 11.8 Å². The second kappa shape index (κ2) is 7.67. The Hall–Kier alpha value is -1.03. The van der Waals surface area contributed by atoms with Gasteiger partial charge in [0.1, 0.15) is 0 Å². The lowest BCUT2D eigenvalue weighted by molar-refractivity contribution is 0.219. The first kappa shape index (κ1) is 15.4. The van der Waals surface area contributed by atoms with E-state index in [9.17, 15) is 4.79 Å². The first-order valence-corrected chi connectivity index (χ1v) is 8.07. The predicted octanol–water partition coefficient (Wildman–Crippen LogP) is 2.58. The highest BCUT2D eigenvalue weighted by atomic mass is 16.3. The highest BCUT2D eigenvalue weighted by Crippen LogP contribution is 2.27. The van der Waals surface area contributed by atoms with E-state index in [1.807, 2.05) is 12.2 Å². The van der Waals surface area contributed by atoms with E-state index >= 15 is 0 Å². The summed E-state index contributed by atoms with van der Waals surface area (Å²) in [5.74, 6) is 1.06. The fourth-order valence-corrected chi connectivity index (χ4v) is 3.42. The predicted molar refractivity (Wildman–Crippen MR) is 80.4 cm³/mol. The summed E-state index contributed by atoms with van der Waals surface area (Å²) in [5, 5.41) is 15.1. The Kier molecular flexibility index (Phi) is 5.89. The molecule has 0 aromatic heterocycles. The number of hydrogen-bond acceptors (Lipinski definition) is 2. The van der Waals surface area contributed by atoms with E-state index in [1.165, 1.54) is 25.7 Å². The summed E-state index contributed by atoms with van der Waals surface area (Å²) in [6.45, 7) is 2.41. The van der Waals surface area contributed by atoms with Gasteiger partial charge in [-0.05, 0) is 38.0 Å². The number of aliphatic hydroxyl groups excluding tert-OH is 1. The molecule has 0 aliphatic heterocycles. The van der Waals surface area contributed by atoms with Crippen molar-refractivity contribution in [2.75, 3.05) is 6.61 Å². The molecular formula is C16H28N2O2. The van der Waals surface area contributed by atoms with Crippen LogP contribution in [-0.4, -0.2) is 29.8 Å². The van der Waals surface area contributed by atoms with Gasteiger partial charge in [-0.15, -0.1) is 0 Å². The Morgan fingerprint density at radius 2 is 1.95 bits per heavy atom. The smallest absolute Gasteiger partial charge is 0.315 e. The Labute approximate surface area is 122 Å². The average Bonchev–Trinajstić information content (AvgIpc) is 2.89. The van der Waals surface area contributed by atoms with Gasteiger partial charge in [0.25, 0.3) is 0 Å². The fraction of sp³-hybridized carbons (Fsp3) is 0.812. The van der Waals surface area contributed by atoms with Gasteiger partial charge in [-0.1, -0.05) is 31.9 Å². The topological polar surface area (TPSA) is 61.4 Å². The molecule has 0 saturated heterocycles. The average molecular weight is 280 g/mol. The van der Waals surface area contributed by atoms with Gasteiger partial charge >= 0.3 is 6.03 Å². The van der Waals surface area contributed by atoms with Crippen LogP contribution in [0.3, 0.4) is 0 Å². The van der Waals surface area contributed by atoms with Gasteiger partial charge in [0.2, 0.25) is 0 Å². The van der Waals surface area contributed by atoms with Crippen molar-refractivity contribution in [3.8, 4) is 0 Å². The summed E-state index contributed by atoms with van der Waals surface area (Å²) in [6, 6.07) is 0.350. The van der Waals surface area contributed by atoms with Crippen LogP contribution in [0.15, 0.2) is 12.2 Å². The first-order chi connectivity index (χ1) is 9.71. The van der Waals surface area contributed by atoms with Gasteiger partial charge in [0.05, 0.1) is 0 Å². The molecule has 2 aliphatic rings. The second-order valence-corrected chi connectivity index (χ2v) is 6.29. The maximum atomic E-state index is 12.0. The Morgan fingerprint density at radius 1 is 1.20 bits per heavy atom. The lowest BCUT2D eigenvalue weighted by Crippen LogP contribution is -2.46. The summed E-state index contributed by atoms with van der Waals surface area (Å²) < 4.78 is 0. The summed E-state index contributed by atoms with van der Waals surface area (Å²) in [7, 11) is 0. The molecule has 2 rings (SSSR count). The molecule has 2 amide bonds. The van der Waals surface area contributed by atoms with Gasteiger partial charge in [0.15, 0.2) is 0 Å². The number of rotatable bonds is 5. The lowest BCUT2D eigenvalue weighted by atomic mass is 9.83. The third kappa shape index (κ3) is 4.51. The standard InChI is InChI=1S/C16H28N2O2/c1-2-3-12-4-7-14(8-5-12)17-16(20)18-15-9-6-13(10-15)11-19/h6,9,12-15,19H,2-5,7-8,10-11H2,1H3,(H2,17,18,20)/t12?,13-,14?,15+/m0/s1. The van der Waals surface area contributed by atoms with E-state index < -0.39 is 0 Å². The Balaban J connectivity index is 1.64. The van der Waals surface area contributed by atoms with Crippen LogP contribution < -0.4 is 10.6 Å². The maximum absolute atomic E-state index is 12.0. The molecule has 0 heterocycles. The van der Waals surface area contributed by atoms with Crippen LogP contribution in [0.2, 0.25) is 0 Å². The minimum Gasteiger partial charge on any atom is -0.396 e. The van der Waals surface area contributed by atoms with Crippen LogP contribution in [0.5, 0.6) is 0 Å². The summed E-state index contributed by atoms with van der Waals surface area (Å²) in [4.78, 5) is 12.0. The summed E-state index contributed by atoms with van der Waals surface area (Å²) >= 11 is 0. The van der Waals surface area contributed by atoms with Crippen LogP contribution in [0.4, 0.5) is 4.79 Å². The van der Waals surface area contributed by atoms with Crippen LogP contribution in [0.25, 0.3) is 0 Å². The van der Waals surface area contributed by atoms with E-state index in [4.69, 9.17) is 5.11 Å². The first-order valence-electron chi connectivity index (χ1n) is 8.07. The molecule has 114 valence electrons. The Bertz CT molecular complexity index is 335. The molecule has 0 bridgehead atoms. The number of urea groups is 1. The number of carbonyl (C=O) groups excluding carboxylic acids is 1. The van der Waals surface area contributed by atoms with Crippen molar-refractivity contribution in [1.29, 1.82) is 0 Å². The van der Waals surface area contributed by atoms with Crippen molar-refractivity contribution in [1.82, 2.24) is 10.6 Å². The van der Waals surface area contributed by atoms with Gasteiger partial charge in [-0.3, -0.25) is 0 Å². The molecular weight excluding hydrogens is 252 g/mol. The molecule has 3 N–H and O–H groups in total. The highest BCUT2D eigenvalue weighted by Gasteiger charge is 2.24. The van der Waals surface area contributed by atoms with Gasteiger partial charge < -0.3 is 15.7 Å². The van der Waals surface area contributed by atoms with Crippen molar-refractivity contribution < 1.29 is 9.90 Å². The second-order valence-electron chi connectivity index (χ2n) is 6.29. The molecule has 4 heteroatoms. The molecule has 0 radical (unpaired) electrons. The minimum atomic E-state index is -0.0582. The molecule has 0 spiro atoms. The van der Waals surface area contributed by atoms with Gasteiger partial charge in [-0.25, -0.2) is 4.79 Å². The molecule has 0 aromatic rings. The zero-order valence-corrected chi connectivity index (χ0v) is 12.5. The van der Waals surface area contributed by atoms with Crippen molar-refractivity contribution >= 4 is 6.03 Å². The zero-order chi connectivity index (χ0) is 14.4. The third-order valence-electron chi connectivity index (χ3n) is 4.60. The summed E-state index contributed by atoms with van der Waals surface area (Å²) in [6.07, 6.45) is 12.1. The molecule has 1 fully saturated rings. The van der Waals surface area contributed by atoms with Crippen LogP contribution >= 0.6 is 0 Å². The summed E-state index contributed by atoms with van der Waals surface area (Å²) in [5.41, 5.74) is 0. The van der Waals surface area contributed by atoms with Crippen molar-refractivity contribution in [3.05, 3.63) is 12.2 Å². The van der Waals surface area contributed by atoms with Gasteiger partial charge in [-0.2, -0.15) is 0 Å². The number of carbonyl (C=O) groups is 1. The third-order valence-corrected chi connectivity index (χ3v) is 4.60. The van der Waals surface area contributed by atoms with E-state index in [2.05, 4.69) is 17.6 Å². The number of hydrogen-bond donors (Lipinski definition) is 3. The maximum Gasteiger partial charge on any atom is 0.315 e. The van der Waals surface area contributed by atoms with Crippen LogP contribution in [-0.2, 0) is 0 Å². The molecule has 2 atom stereocenters. The number of aliphatic hydroxyl groups is 1. The zero-order valence-electron chi connectivity index (χ0n) is 12.5. The molecule has 20 heavy (non-hydrogen) atoms. The number of nitrogens with one attached hydrogen (secondary N) is 2. The quantitative estimate of drug-likeness (QED) is 0.678. The van der Waals surface area contributed by atoms with E-state index in [0.717, 1.165) is 25.2 Å². The van der Waals surface area contributed by atoms with E-state index in [1.54, 1.807) is 0 Å². The Morgan fingerprint density at radius 3 is 2.55 bits per heavy atom. The highest BCUT2D eigenvalue weighted by molar-refractivity contribution is 5.74. The monoisotopic (exact) mass is 280 g/mol. The van der Waals surface area contributed by atoms with E-state index in [0.29, 0.717) is 6.04 Å². The molecule has 0 unspecified atom stereocenters. The lowest BCUT2D eigenvalue weighted by Gasteiger charge is -2.29. The normalized spacial score (nSPS) is 33.1. The van der Waals surface area contributed by atoms with Gasteiger partial charge in [0, 0.05) is 24.6 Å². The minimum absolute atomic E-state index is 0.0582. The number of amides is 2. The van der Waals surface area contributed by atoms with Crippen LogP contribution in [0.1, 0.15) is 51.9 Å². The molecule has 4 nitrogen and oxygen atoms in total. The molecule has 0 aromatic carbocycles. The SMILES string of the molecule is CCCC1CCC(NC(=O)N[C@@H]2C=C[C@H](CO)C2)CC1. The largest absolute Gasteiger partial charge is 0.396 e.